The lowest BCUT2D eigenvalue weighted by Crippen LogP contribution is -2.38. The minimum absolute atomic E-state index is 0.0911. The highest BCUT2D eigenvalue weighted by molar-refractivity contribution is 8.02. The lowest BCUT2D eigenvalue weighted by atomic mass is 10.1. The molecule has 1 aliphatic heterocycles. The molecule has 1 aliphatic rings. The molecule has 1 unspecified atom stereocenters. The molecular weight excluding hydrogens is 373 g/mol. The number of thioether (sulfide) groups is 1. The Labute approximate surface area is 170 Å². The zero-order valence-electron chi connectivity index (χ0n) is 16.6. The van der Waals surface area contributed by atoms with E-state index in [0.29, 0.717) is 12.1 Å². The van der Waals surface area contributed by atoms with Gasteiger partial charge in [-0.05, 0) is 67.0 Å². The maximum Gasteiger partial charge on any atom is 0.254 e. The number of benzene rings is 2. The number of carbonyl (C=O) groups excluding carboxylic acids is 1. The summed E-state index contributed by atoms with van der Waals surface area (Å²) in [5.74, 6) is 1.30. The van der Waals surface area contributed by atoms with Crippen molar-refractivity contribution in [3.8, 4) is 5.75 Å². The monoisotopic (exact) mass is 399 g/mol. The average Bonchev–Trinajstić information content (AvgIpc) is 2.88. The van der Waals surface area contributed by atoms with E-state index in [1.54, 1.807) is 19.2 Å². The zero-order valence-corrected chi connectivity index (χ0v) is 17.4. The molecule has 0 N–H and O–H groups in total. The van der Waals surface area contributed by atoms with Crippen molar-refractivity contribution in [1.29, 1.82) is 0 Å². The second-order valence-corrected chi connectivity index (χ2v) is 8.21. The number of aryl methyl sites for hydroxylation is 1. The Morgan fingerprint density at radius 2 is 2.11 bits per heavy atom. The first-order chi connectivity index (χ1) is 13.5. The van der Waals surface area contributed by atoms with Gasteiger partial charge in [0.2, 0.25) is 0 Å². The Bertz CT molecular complexity index is 881. The molecular formula is C23H26FNO2S. The summed E-state index contributed by atoms with van der Waals surface area (Å²) in [5.41, 5.74) is 2.76. The van der Waals surface area contributed by atoms with E-state index < -0.39 is 0 Å². The van der Waals surface area contributed by atoms with Crippen LogP contribution < -0.4 is 4.74 Å². The molecule has 0 aliphatic carbocycles. The van der Waals surface area contributed by atoms with Crippen molar-refractivity contribution in [3.05, 3.63) is 76.0 Å². The molecule has 0 radical (unpaired) electrons. The first kappa shape index (κ1) is 20.5. The highest BCUT2D eigenvalue weighted by Crippen LogP contribution is 2.30. The van der Waals surface area contributed by atoms with Gasteiger partial charge in [0.25, 0.3) is 5.91 Å². The number of nitrogens with zero attached hydrogens (tertiary/aromatic N) is 1. The van der Waals surface area contributed by atoms with Gasteiger partial charge in [0, 0.05) is 23.9 Å². The largest absolute Gasteiger partial charge is 0.496 e. The third-order valence-electron chi connectivity index (χ3n) is 5.05. The van der Waals surface area contributed by atoms with Crippen LogP contribution in [0.3, 0.4) is 0 Å². The van der Waals surface area contributed by atoms with Gasteiger partial charge in [-0.2, -0.15) is 0 Å². The molecule has 0 spiro atoms. The summed E-state index contributed by atoms with van der Waals surface area (Å²) in [4.78, 5) is 16.0. The van der Waals surface area contributed by atoms with Crippen LogP contribution >= 0.6 is 11.8 Å². The van der Waals surface area contributed by atoms with Crippen LogP contribution in [0.1, 0.15) is 41.3 Å². The Morgan fingerprint density at radius 1 is 1.29 bits per heavy atom. The van der Waals surface area contributed by atoms with Crippen molar-refractivity contribution in [3.63, 3.8) is 0 Å². The van der Waals surface area contributed by atoms with Gasteiger partial charge in [-0.1, -0.05) is 24.3 Å². The van der Waals surface area contributed by atoms with E-state index in [1.807, 2.05) is 30.5 Å². The standard InChI is InChI=1S/C23H26FNO2S/c1-16-7-9-18(13-22(16)27-3)15-28-21-10-8-17(2)25(12-11-21)23(26)19-5-4-6-20(24)14-19/h4-7,9-10,13-14,17H,8,11-12,15H2,1-3H3. The summed E-state index contributed by atoms with van der Waals surface area (Å²) >= 11 is 1.81. The number of ether oxygens (including phenoxy) is 1. The average molecular weight is 400 g/mol. The highest BCUT2D eigenvalue weighted by atomic mass is 32.2. The molecule has 3 rings (SSSR count). The molecule has 0 saturated heterocycles. The molecule has 0 bridgehead atoms. The Kier molecular flexibility index (Phi) is 6.79. The quantitative estimate of drug-likeness (QED) is 0.657. The number of halogens is 1. The SMILES string of the molecule is COc1cc(CSC2=CCC(C)N(C(=O)c3cccc(F)c3)CC2)ccc1C. The number of hydrogen-bond acceptors (Lipinski definition) is 3. The maximum atomic E-state index is 13.5. The van der Waals surface area contributed by atoms with E-state index >= 15 is 0 Å². The zero-order chi connectivity index (χ0) is 20.1. The van der Waals surface area contributed by atoms with Crippen LogP contribution in [0.15, 0.2) is 53.4 Å². The van der Waals surface area contributed by atoms with E-state index in [2.05, 4.69) is 24.3 Å². The van der Waals surface area contributed by atoms with Gasteiger partial charge in [0.15, 0.2) is 0 Å². The topological polar surface area (TPSA) is 29.5 Å². The van der Waals surface area contributed by atoms with Crippen molar-refractivity contribution < 1.29 is 13.9 Å². The molecule has 0 fully saturated rings. The van der Waals surface area contributed by atoms with Gasteiger partial charge in [-0.15, -0.1) is 11.8 Å². The first-order valence-corrected chi connectivity index (χ1v) is 10.5. The van der Waals surface area contributed by atoms with Gasteiger partial charge in [-0.25, -0.2) is 4.39 Å². The van der Waals surface area contributed by atoms with E-state index in [1.165, 1.54) is 22.6 Å². The summed E-state index contributed by atoms with van der Waals surface area (Å²) in [6.45, 7) is 4.73. The van der Waals surface area contributed by atoms with Gasteiger partial charge >= 0.3 is 0 Å². The second-order valence-electron chi connectivity index (χ2n) is 7.11. The van der Waals surface area contributed by atoms with Crippen LogP contribution in [-0.4, -0.2) is 30.5 Å². The summed E-state index contributed by atoms with van der Waals surface area (Å²) in [7, 11) is 1.69. The van der Waals surface area contributed by atoms with Crippen molar-refractivity contribution in [1.82, 2.24) is 4.90 Å². The smallest absolute Gasteiger partial charge is 0.254 e. The number of carbonyl (C=O) groups is 1. The fourth-order valence-corrected chi connectivity index (χ4v) is 4.31. The molecule has 1 heterocycles. The molecule has 148 valence electrons. The molecule has 3 nitrogen and oxygen atoms in total. The summed E-state index contributed by atoms with van der Waals surface area (Å²) in [5, 5.41) is 0. The molecule has 0 saturated carbocycles. The van der Waals surface area contributed by atoms with Crippen LogP contribution in [0.25, 0.3) is 0 Å². The number of methoxy groups -OCH3 is 1. The number of rotatable bonds is 5. The number of amides is 1. The van der Waals surface area contributed by atoms with Crippen molar-refractivity contribution in [2.24, 2.45) is 0 Å². The van der Waals surface area contributed by atoms with Crippen molar-refractivity contribution >= 4 is 17.7 Å². The molecule has 1 atom stereocenters. The van der Waals surface area contributed by atoms with Gasteiger partial charge < -0.3 is 9.64 Å². The molecule has 2 aromatic carbocycles. The second kappa shape index (κ2) is 9.28. The van der Waals surface area contributed by atoms with Gasteiger partial charge in [0.1, 0.15) is 11.6 Å². The highest BCUT2D eigenvalue weighted by Gasteiger charge is 2.23. The molecule has 5 heteroatoms. The van der Waals surface area contributed by atoms with Crippen molar-refractivity contribution in [2.45, 2.75) is 38.5 Å². The Hall–Kier alpha value is -2.27. The van der Waals surface area contributed by atoms with Crippen LogP contribution in [0.2, 0.25) is 0 Å². The van der Waals surface area contributed by atoms with Crippen LogP contribution in [-0.2, 0) is 5.75 Å². The minimum Gasteiger partial charge on any atom is -0.496 e. The first-order valence-electron chi connectivity index (χ1n) is 9.50. The predicted molar refractivity (Wildman–Crippen MR) is 113 cm³/mol. The lowest BCUT2D eigenvalue weighted by Gasteiger charge is -2.27. The fourth-order valence-electron chi connectivity index (χ4n) is 3.33. The molecule has 28 heavy (non-hydrogen) atoms. The predicted octanol–water partition coefficient (Wildman–Crippen LogP) is 5.58. The summed E-state index contributed by atoms with van der Waals surface area (Å²) in [6.07, 6.45) is 3.86. The van der Waals surface area contributed by atoms with E-state index in [9.17, 15) is 9.18 Å². The van der Waals surface area contributed by atoms with Gasteiger partial charge in [-0.3, -0.25) is 4.79 Å². The third kappa shape index (κ3) is 4.96. The molecule has 0 aromatic heterocycles. The maximum absolute atomic E-state index is 13.5. The van der Waals surface area contributed by atoms with Crippen molar-refractivity contribution in [2.75, 3.05) is 13.7 Å². The Balaban J connectivity index is 1.62. The Morgan fingerprint density at radius 3 is 2.86 bits per heavy atom. The summed E-state index contributed by atoms with van der Waals surface area (Å²) in [6, 6.07) is 12.3. The minimum atomic E-state index is -0.378. The van der Waals surface area contributed by atoms with E-state index in [4.69, 9.17) is 4.74 Å². The van der Waals surface area contributed by atoms with E-state index in [-0.39, 0.29) is 17.8 Å². The van der Waals surface area contributed by atoms with Gasteiger partial charge in [0.05, 0.1) is 7.11 Å². The normalized spacial score (nSPS) is 17.1. The molecule has 2 aromatic rings. The molecule has 1 amide bonds. The lowest BCUT2D eigenvalue weighted by molar-refractivity contribution is 0.0701. The fraction of sp³-hybridized carbons (Fsp3) is 0.348. The van der Waals surface area contributed by atoms with Crippen LogP contribution in [0, 0.1) is 12.7 Å². The van der Waals surface area contributed by atoms with Crippen LogP contribution in [0.4, 0.5) is 4.39 Å². The number of hydrogen-bond donors (Lipinski definition) is 0. The van der Waals surface area contributed by atoms with E-state index in [0.717, 1.165) is 29.9 Å². The third-order valence-corrected chi connectivity index (χ3v) is 6.27. The summed E-state index contributed by atoms with van der Waals surface area (Å²) < 4.78 is 18.9. The van der Waals surface area contributed by atoms with Crippen LogP contribution in [0.5, 0.6) is 5.75 Å².